The summed E-state index contributed by atoms with van der Waals surface area (Å²) in [5.41, 5.74) is -0.551. The quantitative estimate of drug-likeness (QED) is 0.478. The number of amides is 1. The molecule has 2 atom stereocenters. The van der Waals surface area contributed by atoms with Crippen LogP contribution in [0.3, 0.4) is 0 Å². The Morgan fingerprint density at radius 2 is 2.05 bits per heavy atom. The van der Waals surface area contributed by atoms with Crippen molar-refractivity contribution in [3.8, 4) is 0 Å². The highest BCUT2D eigenvalue weighted by atomic mass is 127. The van der Waals surface area contributed by atoms with Crippen molar-refractivity contribution in [3.05, 3.63) is 0 Å². The van der Waals surface area contributed by atoms with Gasteiger partial charge >= 0.3 is 6.09 Å². The van der Waals surface area contributed by atoms with E-state index in [-0.39, 0.29) is 17.1 Å². The van der Waals surface area contributed by atoms with Crippen LogP contribution in [0.2, 0.25) is 0 Å². The zero-order chi connectivity index (χ0) is 14.5. The highest BCUT2D eigenvalue weighted by molar-refractivity contribution is 14.1. The van der Waals surface area contributed by atoms with Crippen LogP contribution in [0, 0.1) is 5.41 Å². The highest BCUT2D eigenvalue weighted by Crippen LogP contribution is 2.51. The third kappa shape index (κ3) is 2.73. The van der Waals surface area contributed by atoms with Crippen molar-refractivity contribution in [1.29, 1.82) is 0 Å². The van der Waals surface area contributed by atoms with Crippen molar-refractivity contribution < 1.29 is 14.3 Å². The van der Waals surface area contributed by atoms with Crippen molar-refractivity contribution in [2.24, 2.45) is 5.41 Å². The first-order valence-electron chi connectivity index (χ1n) is 6.83. The van der Waals surface area contributed by atoms with E-state index in [0.717, 1.165) is 19.6 Å². The Hall–Kier alpha value is -0.0400. The van der Waals surface area contributed by atoms with Gasteiger partial charge in [0.15, 0.2) is 0 Å². The number of carbonyl (C=O) groups excluding carboxylic acids is 1. The molecule has 2 saturated heterocycles. The second kappa shape index (κ2) is 4.76. The van der Waals surface area contributed by atoms with E-state index >= 15 is 0 Å². The van der Waals surface area contributed by atoms with Gasteiger partial charge in [-0.25, -0.2) is 4.79 Å². The monoisotopic (exact) mass is 381 g/mol. The Kier molecular flexibility index (Phi) is 3.84. The van der Waals surface area contributed by atoms with E-state index in [4.69, 9.17) is 9.47 Å². The first-order chi connectivity index (χ1) is 8.57. The molecule has 5 heteroatoms. The van der Waals surface area contributed by atoms with E-state index < -0.39 is 5.60 Å². The van der Waals surface area contributed by atoms with Crippen LogP contribution in [0.1, 0.15) is 41.0 Å². The maximum absolute atomic E-state index is 12.1. The van der Waals surface area contributed by atoms with E-state index in [1.807, 2.05) is 20.8 Å². The van der Waals surface area contributed by atoms with Gasteiger partial charge in [0.25, 0.3) is 0 Å². The lowest BCUT2D eigenvalue weighted by molar-refractivity contribution is -0.0433. The van der Waals surface area contributed by atoms with Crippen LogP contribution < -0.4 is 0 Å². The zero-order valence-electron chi connectivity index (χ0n) is 12.5. The average Bonchev–Trinajstić information content (AvgIpc) is 2.76. The molecule has 0 unspecified atom stereocenters. The van der Waals surface area contributed by atoms with Crippen LogP contribution in [0.5, 0.6) is 0 Å². The van der Waals surface area contributed by atoms with Crippen LogP contribution >= 0.6 is 22.6 Å². The fraction of sp³-hybridized carbons (Fsp3) is 0.929. The lowest BCUT2D eigenvalue weighted by Crippen LogP contribution is -2.47. The molecule has 2 aliphatic rings. The molecular formula is C14H24INO3. The summed E-state index contributed by atoms with van der Waals surface area (Å²) in [6.07, 6.45) is 0.680. The van der Waals surface area contributed by atoms with Gasteiger partial charge in [0.1, 0.15) is 5.60 Å². The summed E-state index contributed by atoms with van der Waals surface area (Å²) in [5.74, 6) is 0. The number of alkyl halides is 1. The average molecular weight is 381 g/mol. The van der Waals surface area contributed by atoms with Gasteiger partial charge in [0.2, 0.25) is 0 Å². The number of carbonyl (C=O) groups is 1. The van der Waals surface area contributed by atoms with Crippen LogP contribution in [0.25, 0.3) is 0 Å². The third-order valence-electron chi connectivity index (χ3n) is 4.35. The maximum Gasteiger partial charge on any atom is 0.410 e. The fourth-order valence-corrected chi connectivity index (χ4v) is 3.57. The molecule has 0 aliphatic carbocycles. The molecule has 0 aromatic rings. The third-order valence-corrected chi connectivity index (χ3v) is 6.26. The molecule has 0 N–H and O–H groups in total. The van der Waals surface area contributed by atoms with Crippen molar-refractivity contribution >= 4 is 28.7 Å². The SMILES string of the molecule is CC(C)(C)OC(=O)N1CC[C@@]2(C1)OC[C@H](I)C2(C)C. The standard InChI is InChI=1S/C14H24INO3/c1-12(2,3)19-11(17)16-7-6-14(9-16)13(4,5)10(15)8-18-14/h10H,6-9H2,1-5H3/t10-,14-/m0/s1. The number of hydrogen-bond acceptors (Lipinski definition) is 3. The minimum absolute atomic E-state index is 0.0876. The van der Waals surface area contributed by atoms with Gasteiger partial charge < -0.3 is 14.4 Å². The predicted octanol–water partition coefficient (Wildman–Crippen LogP) is 3.23. The van der Waals surface area contributed by atoms with Crippen molar-refractivity contribution in [3.63, 3.8) is 0 Å². The first kappa shape index (κ1) is 15.4. The Morgan fingerprint density at radius 1 is 1.42 bits per heavy atom. The summed E-state index contributed by atoms with van der Waals surface area (Å²) in [6, 6.07) is 0. The molecule has 2 heterocycles. The number of ether oxygens (including phenoxy) is 2. The van der Waals surface area contributed by atoms with Crippen LogP contribution in [-0.4, -0.2) is 45.8 Å². The molecule has 2 aliphatic heterocycles. The van der Waals surface area contributed by atoms with E-state index in [1.165, 1.54) is 0 Å². The van der Waals surface area contributed by atoms with E-state index in [0.29, 0.717) is 10.5 Å². The van der Waals surface area contributed by atoms with E-state index in [9.17, 15) is 4.79 Å². The lowest BCUT2D eigenvalue weighted by atomic mass is 9.74. The Balaban J connectivity index is 2.06. The molecule has 1 spiro atoms. The summed E-state index contributed by atoms with van der Waals surface area (Å²) in [6.45, 7) is 12.3. The number of likely N-dealkylation sites (tertiary alicyclic amines) is 1. The summed E-state index contributed by atoms with van der Waals surface area (Å²) in [7, 11) is 0. The summed E-state index contributed by atoms with van der Waals surface area (Å²) < 4.78 is 12.0. The number of hydrogen-bond donors (Lipinski definition) is 0. The highest BCUT2D eigenvalue weighted by Gasteiger charge is 2.58. The van der Waals surface area contributed by atoms with E-state index in [1.54, 1.807) is 4.90 Å². The van der Waals surface area contributed by atoms with Gasteiger partial charge in [0.05, 0.1) is 18.8 Å². The lowest BCUT2D eigenvalue weighted by Gasteiger charge is -2.38. The van der Waals surface area contributed by atoms with E-state index in [2.05, 4.69) is 36.4 Å². The molecule has 1 amide bonds. The molecule has 110 valence electrons. The smallest absolute Gasteiger partial charge is 0.410 e. The largest absolute Gasteiger partial charge is 0.444 e. The minimum atomic E-state index is -0.440. The summed E-state index contributed by atoms with van der Waals surface area (Å²) in [4.78, 5) is 13.9. The summed E-state index contributed by atoms with van der Waals surface area (Å²) in [5, 5.41) is 0. The molecule has 0 bridgehead atoms. The van der Waals surface area contributed by atoms with Gasteiger partial charge in [0, 0.05) is 15.9 Å². The molecule has 0 radical (unpaired) electrons. The maximum atomic E-state index is 12.1. The molecule has 0 saturated carbocycles. The second-order valence-electron chi connectivity index (χ2n) is 7.15. The zero-order valence-corrected chi connectivity index (χ0v) is 14.6. The van der Waals surface area contributed by atoms with Crippen molar-refractivity contribution in [2.75, 3.05) is 19.7 Å². The second-order valence-corrected chi connectivity index (χ2v) is 8.65. The summed E-state index contributed by atoms with van der Waals surface area (Å²) >= 11 is 2.46. The molecule has 2 fully saturated rings. The Morgan fingerprint density at radius 3 is 2.53 bits per heavy atom. The molecular weight excluding hydrogens is 357 g/mol. The minimum Gasteiger partial charge on any atom is -0.444 e. The van der Waals surface area contributed by atoms with Crippen molar-refractivity contribution in [2.45, 2.75) is 56.2 Å². The van der Waals surface area contributed by atoms with Gasteiger partial charge in [-0.2, -0.15) is 0 Å². The fourth-order valence-electron chi connectivity index (χ4n) is 2.82. The van der Waals surface area contributed by atoms with Gasteiger partial charge in [-0.1, -0.05) is 36.4 Å². The Bertz CT molecular complexity index is 377. The first-order valence-corrected chi connectivity index (χ1v) is 8.08. The normalized spacial score (nSPS) is 34.0. The molecule has 0 aromatic carbocycles. The molecule has 2 rings (SSSR count). The van der Waals surface area contributed by atoms with Crippen molar-refractivity contribution in [1.82, 2.24) is 4.90 Å². The van der Waals surface area contributed by atoms with Crippen LogP contribution in [0.4, 0.5) is 4.79 Å². The number of halogens is 1. The molecule has 19 heavy (non-hydrogen) atoms. The van der Waals surface area contributed by atoms with Gasteiger partial charge in [-0.05, 0) is 27.2 Å². The van der Waals surface area contributed by atoms with Gasteiger partial charge in [-0.3, -0.25) is 0 Å². The molecule has 0 aromatic heterocycles. The topological polar surface area (TPSA) is 38.8 Å². The van der Waals surface area contributed by atoms with Crippen LogP contribution in [-0.2, 0) is 9.47 Å². The Labute approximate surface area is 129 Å². The predicted molar refractivity (Wildman–Crippen MR) is 82.7 cm³/mol. The number of nitrogens with zero attached hydrogens (tertiary/aromatic N) is 1. The molecule has 4 nitrogen and oxygen atoms in total. The number of rotatable bonds is 0. The van der Waals surface area contributed by atoms with Gasteiger partial charge in [-0.15, -0.1) is 0 Å². The van der Waals surface area contributed by atoms with Crippen LogP contribution in [0.15, 0.2) is 0 Å².